The van der Waals surface area contributed by atoms with Crippen LogP contribution in [-0.2, 0) is 17.8 Å². The van der Waals surface area contributed by atoms with E-state index in [9.17, 15) is 0 Å². The Morgan fingerprint density at radius 2 is 1.94 bits per heavy atom. The molecule has 4 heteroatoms. The third-order valence-corrected chi connectivity index (χ3v) is 2.72. The molecule has 0 aliphatic rings. The Bertz CT molecular complexity index is 363. The summed E-state index contributed by atoms with van der Waals surface area (Å²) in [5.74, 6) is 0. The van der Waals surface area contributed by atoms with E-state index in [1.54, 1.807) is 0 Å². The van der Waals surface area contributed by atoms with E-state index >= 15 is 0 Å². The number of aromatic nitrogens is 2. The maximum Gasteiger partial charge on any atom is 0.0669 e. The van der Waals surface area contributed by atoms with Gasteiger partial charge in [0, 0.05) is 17.8 Å². The summed E-state index contributed by atoms with van der Waals surface area (Å²) in [7, 11) is 1.96. The van der Waals surface area contributed by atoms with Crippen LogP contribution in [0.5, 0.6) is 0 Å². The van der Waals surface area contributed by atoms with Crippen molar-refractivity contribution < 1.29 is 4.74 Å². The van der Waals surface area contributed by atoms with Crippen LogP contribution in [0, 0.1) is 13.8 Å². The quantitative estimate of drug-likeness (QED) is 0.854. The molecule has 0 spiro atoms. The number of ether oxygens (including phenoxy) is 1. The van der Waals surface area contributed by atoms with Crippen molar-refractivity contribution in [1.82, 2.24) is 15.1 Å². The zero-order chi connectivity index (χ0) is 13.1. The van der Waals surface area contributed by atoms with Crippen LogP contribution >= 0.6 is 0 Å². The first-order valence-electron chi connectivity index (χ1n) is 6.16. The van der Waals surface area contributed by atoms with Gasteiger partial charge in [-0.15, -0.1) is 0 Å². The van der Waals surface area contributed by atoms with Crippen molar-refractivity contribution in [2.45, 2.75) is 53.3 Å². The van der Waals surface area contributed by atoms with E-state index in [1.165, 1.54) is 11.3 Å². The number of hydrogen-bond donors (Lipinski definition) is 1. The van der Waals surface area contributed by atoms with Crippen LogP contribution in [-0.4, -0.2) is 29.0 Å². The fraction of sp³-hybridized carbons (Fsp3) is 0.769. The lowest BCUT2D eigenvalue weighted by Gasteiger charge is -2.19. The molecular formula is C13H25N3O. The van der Waals surface area contributed by atoms with Gasteiger partial charge in [-0.25, -0.2) is 0 Å². The molecule has 17 heavy (non-hydrogen) atoms. The topological polar surface area (TPSA) is 39.1 Å². The van der Waals surface area contributed by atoms with E-state index in [1.807, 2.05) is 11.7 Å². The molecule has 4 nitrogen and oxygen atoms in total. The van der Waals surface area contributed by atoms with E-state index in [-0.39, 0.29) is 5.60 Å². The van der Waals surface area contributed by atoms with Crippen molar-refractivity contribution in [3.63, 3.8) is 0 Å². The molecule has 0 fully saturated rings. The molecule has 0 aliphatic heterocycles. The van der Waals surface area contributed by atoms with Gasteiger partial charge in [-0.2, -0.15) is 5.10 Å². The van der Waals surface area contributed by atoms with E-state index in [0.29, 0.717) is 6.61 Å². The Morgan fingerprint density at radius 3 is 2.47 bits per heavy atom. The van der Waals surface area contributed by atoms with Gasteiger partial charge in [-0.1, -0.05) is 0 Å². The summed E-state index contributed by atoms with van der Waals surface area (Å²) >= 11 is 0. The van der Waals surface area contributed by atoms with Crippen LogP contribution in [0.25, 0.3) is 0 Å². The normalized spacial score (nSPS) is 12.1. The number of nitrogens with one attached hydrogen (secondary N) is 1. The van der Waals surface area contributed by atoms with Crippen molar-refractivity contribution >= 4 is 0 Å². The third kappa shape index (κ3) is 4.13. The fourth-order valence-corrected chi connectivity index (χ4v) is 1.82. The molecule has 0 radical (unpaired) electrons. The van der Waals surface area contributed by atoms with Crippen molar-refractivity contribution in [3.8, 4) is 0 Å². The fourth-order valence-electron chi connectivity index (χ4n) is 1.82. The van der Waals surface area contributed by atoms with Gasteiger partial charge in [-0.05, 0) is 41.7 Å². The Morgan fingerprint density at radius 1 is 1.29 bits per heavy atom. The van der Waals surface area contributed by atoms with Gasteiger partial charge in [0.05, 0.1) is 24.4 Å². The zero-order valence-electron chi connectivity index (χ0n) is 11.9. The first-order valence-corrected chi connectivity index (χ1v) is 6.16. The maximum atomic E-state index is 5.72. The molecule has 0 amide bonds. The molecule has 0 atom stereocenters. The molecule has 1 aromatic heterocycles. The van der Waals surface area contributed by atoms with E-state index in [4.69, 9.17) is 4.74 Å². The van der Waals surface area contributed by atoms with Gasteiger partial charge in [-0.3, -0.25) is 4.68 Å². The maximum absolute atomic E-state index is 5.72. The highest BCUT2D eigenvalue weighted by Crippen LogP contribution is 2.13. The van der Waals surface area contributed by atoms with Gasteiger partial charge in [0.1, 0.15) is 0 Å². The van der Waals surface area contributed by atoms with Crippen LogP contribution in [0.4, 0.5) is 0 Å². The highest BCUT2D eigenvalue weighted by Gasteiger charge is 2.13. The second-order valence-electron chi connectivity index (χ2n) is 5.36. The van der Waals surface area contributed by atoms with Gasteiger partial charge in [0.25, 0.3) is 0 Å². The summed E-state index contributed by atoms with van der Waals surface area (Å²) in [6.07, 6.45) is 0. The summed E-state index contributed by atoms with van der Waals surface area (Å²) in [4.78, 5) is 0. The van der Waals surface area contributed by atoms with Crippen LogP contribution in [0.3, 0.4) is 0 Å². The summed E-state index contributed by atoms with van der Waals surface area (Å²) in [6.45, 7) is 12.8. The summed E-state index contributed by atoms with van der Waals surface area (Å²) in [5, 5.41) is 7.72. The smallest absolute Gasteiger partial charge is 0.0669 e. The number of hydrogen-bond acceptors (Lipinski definition) is 3. The standard InChI is InChI=1S/C13H25N3O/c1-10-12(9-14-6)11(2)16(15-10)7-8-17-13(3,4)5/h14H,7-9H2,1-6H3. The van der Waals surface area contributed by atoms with Gasteiger partial charge >= 0.3 is 0 Å². The lowest BCUT2D eigenvalue weighted by Crippen LogP contribution is -2.22. The van der Waals surface area contributed by atoms with Crippen molar-refractivity contribution in [2.24, 2.45) is 0 Å². The SMILES string of the molecule is CNCc1c(C)nn(CCOC(C)(C)C)c1C. The second kappa shape index (κ2) is 5.65. The van der Waals surface area contributed by atoms with E-state index in [0.717, 1.165) is 18.8 Å². The van der Waals surface area contributed by atoms with Gasteiger partial charge in [0.2, 0.25) is 0 Å². The zero-order valence-corrected chi connectivity index (χ0v) is 11.9. The first-order chi connectivity index (χ1) is 7.85. The van der Waals surface area contributed by atoms with E-state index in [2.05, 4.69) is 45.0 Å². The molecule has 1 N–H and O–H groups in total. The van der Waals surface area contributed by atoms with Crippen LogP contribution in [0.2, 0.25) is 0 Å². The van der Waals surface area contributed by atoms with E-state index < -0.39 is 0 Å². The van der Waals surface area contributed by atoms with Gasteiger partial charge < -0.3 is 10.1 Å². The average Bonchev–Trinajstić information content (AvgIpc) is 2.45. The van der Waals surface area contributed by atoms with Crippen molar-refractivity contribution in [1.29, 1.82) is 0 Å². The monoisotopic (exact) mass is 239 g/mol. The lowest BCUT2D eigenvalue weighted by molar-refractivity contribution is -0.00810. The second-order valence-corrected chi connectivity index (χ2v) is 5.36. The summed E-state index contributed by atoms with van der Waals surface area (Å²) < 4.78 is 7.76. The largest absolute Gasteiger partial charge is 0.374 e. The highest BCUT2D eigenvalue weighted by molar-refractivity contribution is 5.24. The number of rotatable bonds is 5. The molecule has 0 aromatic carbocycles. The molecule has 1 heterocycles. The molecule has 98 valence electrons. The highest BCUT2D eigenvalue weighted by atomic mass is 16.5. The predicted octanol–water partition coefficient (Wildman–Crippen LogP) is 2.03. The first kappa shape index (κ1) is 14.2. The van der Waals surface area contributed by atoms with Crippen molar-refractivity contribution in [2.75, 3.05) is 13.7 Å². The lowest BCUT2D eigenvalue weighted by atomic mass is 10.2. The minimum absolute atomic E-state index is 0.0795. The molecule has 0 unspecified atom stereocenters. The Kier molecular flexibility index (Phi) is 4.71. The van der Waals surface area contributed by atoms with Crippen LogP contribution in [0.15, 0.2) is 0 Å². The predicted molar refractivity (Wildman–Crippen MR) is 70.2 cm³/mol. The third-order valence-electron chi connectivity index (χ3n) is 2.72. The van der Waals surface area contributed by atoms with Crippen LogP contribution in [0.1, 0.15) is 37.7 Å². The Labute approximate surface area is 104 Å². The Balaban J connectivity index is 2.63. The molecule has 1 aromatic rings. The number of nitrogens with zero attached hydrogens (tertiary/aromatic N) is 2. The molecule has 0 saturated carbocycles. The van der Waals surface area contributed by atoms with Crippen molar-refractivity contribution in [3.05, 3.63) is 17.0 Å². The molecule has 0 bridgehead atoms. The molecule has 0 saturated heterocycles. The summed E-state index contributed by atoms with van der Waals surface area (Å²) in [5.41, 5.74) is 3.55. The number of aryl methyl sites for hydroxylation is 1. The van der Waals surface area contributed by atoms with Crippen LogP contribution < -0.4 is 5.32 Å². The minimum atomic E-state index is -0.0795. The average molecular weight is 239 g/mol. The van der Waals surface area contributed by atoms with Gasteiger partial charge in [0.15, 0.2) is 0 Å². The minimum Gasteiger partial charge on any atom is -0.374 e. The molecular weight excluding hydrogens is 214 g/mol. The molecule has 1 rings (SSSR count). The Hall–Kier alpha value is -0.870. The molecule has 0 aliphatic carbocycles. The summed E-state index contributed by atoms with van der Waals surface area (Å²) in [6, 6.07) is 0.